The second-order valence-corrected chi connectivity index (χ2v) is 10.1. The van der Waals surface area contributed by atoms with Crippen molar-refractivity contribution in [3.63, 3.8) is 0 Å². The van der Waals surface area contributed by atoms with Crippen LogP contribution in [-0.4, -0.2) is 52.2 Å². The molecule has 0 aliphatic heterocycles. The van der Waals surface area contributed by atoms with Crippen molar-refractivity contribution in [3.05, 3.63) is 65.5 Å². The van der Waals surface area contributed by atoms with Crippen LogP contribution in [0.5, 0.6) is 0 Å². The number of aromatic nitrogens is 3. The Morgan fingerprint density at radius 2 is 1.79 bits per heavy atom. The number of carboxylic acid groups (broad SMARTS) is 1. The Labute approximate surface area is 195 Å². The lowest BCUT2D eigenvalue weighted by molar-refractivity contribution is -0.113. The molecule has 12 heteroatoms. The van der Waals surface area contributed by atoms with E-state index in [2.05, 4.69) is 15.5 Å². The topological polar surface area (TPSA) is 134 Å². The summed E-state index contributed by atoms with van der Waals surface area (Å²) in [5.41, 5.74) is 1.72. The summed E-state index contributed by atoms with van der Waals surface area (Å²) in [6.45, 7) is 1.89. The van der Waals surface area contributed by atoms with Gasteiger partial charge in [0.05, 0.1) is 35.5 Å². The van der Waals surface area contributed by atoms with E-state index >= 15 is 0 Å². The number of hydrogen-bond acceptors (Lipinski definition) is 7. The van der Waals surface area contributed by atoms with Gasteiger partial charge in [0, 0.05) is 7.05 Å². The van der Waals surface area contributed by atoms with Gasteiger partial charge in [-0.05, 0) is 31.2 Å². The number of hydrogen-bond donors (Lipinski definition) is 2. The van der Waals surface area contributed by atoms with Crippen LogP contribution in [-0.2, 0) is 28.4 Å². The number of para-hydroxylation sites is 1. The first-order valence-corrected chi connectivity index (χ1v) is 12.6. The van der Waals surface area contributed by atoms with Crippen molar-refractivity contribution in [2.24, 2.45) is 7.05 Å². The highest BCUT2D eigenvalue weighted by molar-refractivity contribution is 7.99. The summed E-state index contributed by atoms with van der Waals surface area (Å²) in [6, 6.07) is 13.2. The Kier molecular flexibility index (Phi) is 7.39. The molecule has 3 rings (SSSR count). The summed E-state index contributed by atoms with van der Waals surface area (Å²) >= 11 is 1.10. The second kappa shape index (κ2) is 10.0. The number of anilines is 2. The standard InChI is InChI=1S/C21H23N5O5S2/c1-14-8-10-15(11-9-14)26(33(3,30)31)12-18-23-24-21(25(18)2)32-13-19(27)22-17-7-5-4-6-16(17)20(28)29/h4-11H,12-13H2,1-3H3,(H,22,27)(H,28,29). The first-order valence-electron chi connectivity index (χ1n) is 9.74. The highest BCUT2D eigenvalue weighted by Gasteiger charge is 2.22. The molecule has 0 unspecified atom stereocenters. The lowest BCUT2D eigenvalue weighted by Gasteiger charge is -2.22. The van der Waals surface area contributed by atoms with Crippen molar-refractivity contribution >= 4 is 45.0 Å². The van der Waals surface area contributed by atoms with Crippen LogP contribution in [0, 0.1) is 6.92 Å². The van der Waals surface area contributed by atoms with E-state index < -0.39 is 21.9 Å². The number of carbonyl (C=O) groups is 2. The van der Waals surface area contributed by atoms with Crippen molar-refractivity contribution in [1.29, 1.82) is 0 Å². The van der Waals surface area contributed by atoms with Crippen molar-refractivity contribution in [2.75, 3.05) is 21.6 Å². The first-order chi connectivity index (χ1) is 15.6. The second-order valence-electron chi connectivity index (χ2n) is 7.25. The molecule has 0 atom stereocenters. The molecule has 0 radical (unpaired) electrons. The zero-order valence-corrected chi connectivity index (χ0v) is 19.9. The predicted molar refractivity (Wildman–Crippen MR) is 126 cm³/mol. The third-order valence-electron chi connectivity index (χ3n) is 4.70. The van der Waals surface area contributed by atoms with Gasteiger partial charge in [-0.1, -0.05) is 41.6 Å². The van der Waals surface area contributed by atoms with E-state index in [-0.39, 0.29) is 23.5 Å². The molecule has 0 spiro atoms. The Morgan fingerprint density at radius 1 is 1.12 bits per heavy atom. The number of amides is 1. The number of carboxylic acids is 1. The van der Waals surface area contributed by atoms with Crippen LogP contribution in [0.4, 0.5) is 11.4 Å². The maximum atomic E-state index is 12.4. The van der Waals surface area contributed by atoms with Gasteiger partial charge in [0.25, 0.3) is 0 Å². The lowest BCUT2D eigenvalue weighted by Crippen LogP contribution is -2.30. The highest BCUT2D eigenvalue weighted by atomic mass is 32.2. The van der Waals surface area contributed by atoms with Crippen LogP contribution in [0.1, 0.15) is 21.7 Å². The van der Waals surface area contributed by atoms with Crippen molar-refractivity contribution in [1.82, 2.24) is 14.8 Å². The average Bonchev–Trinajstić information content (AvgIpc) is 3.10. The summed E-state index contributed by atoms with van der Waals surface area (Å²) in [5, 5.41) is 20.4. The highest BCUT2D eigenvalue weighted by Crippen LogP contribution is 2.23. The third kappa shape index (κ3) is 6.11. The van der Waals surface area contributed by atoms with Gasteiger partial charge in [0.2, 0.25) is 15.9 Å². The van der Waals surface area contributed by atoms with E-state index in [1.165, 1.54) is 16.4 Å². The zero-order chi connectivity index (χ0) is 24.2. The van der Waals surface area contributed by atoms with Gasteiger partial charge in [-0.25, -0.2) is 13.2 Å². The summed E-state index contributed by atoms with van der Waals surface area (Å²) in [5.74, 6) is -1.18. The summed E-state index contributed by atoms with van der Waals surface area (Å²) in [6.07, 6.45) is 1.12. The molecule has 3 aromatic rings. The number of carbonyl (C=O) groups excluding carboxylic acids is 1. The van der Waals surface area contributed by atoms with Crippen molar-refractivity contribution in [2.45, 2.75) is 18.6 Å². The third-order valence-corrected chi connectivity index (χ3v) is 6.86. The summed E-state index contributed by atoms with van der Waals surface area (Å²) in [4.78, 5) is 23.6. The van der Waals surface area contributed by atoms with Crippen LogP contribution in [0.15, 0.2) is 53.7 Å². The van der Waals surface area contributed by atoms with Crippen molar-refractivity contribution in [3.8, 4) is 0 Å². The van der Waals surface area contributed by atoms with Crippen LogP contribution >= 0.6 is 11.8 Å². The van der Waals surface area contributed by atoms with Crippen molar-refractivity contribution < 1.29 is 23.1 Å². The molecular weight excluding hydrogens is 466 g/mol. The molecule has 0 saturated carbocycles. The van der Waals surface area contributed by atoms with Gasteiger partial charge < -0.3 is 15.0 Å². The molecule has 0 saturated heterocycles. The van der Waals surface area contributed by atoms with Crippen LogP contribution in [0.2, 0.25) is 0 Å². The molecule has 0 bridgehead atoms. The van der Waals surface area contributed by atoms with E-state index in [0.717, 1.165) is 23.6 Å². The lowest BCUT2D eigenvalue weighted by atomic mass is 10.2. The monoisotopic (exact) mass is 489 g/mol. The Hall–Kier alpha value is -3.38. The minimum absolute atomic E-state index is 0.00577. The van der Waals surface area contributed by atoms with Gasteiger partial charge in [0.1, 0.15) is 0 Å². The molecule has 2 N–H and O–H groups in total. The first kappa shape index (κ1) is 24.3. The molecule has 1 heterocycles. The molecule has 1 aromatic heterocycles. The minimum Gasteiger partial charge on any atom is -0.478 e. The molecular formula is C21H23N5O5S2. The minimum atomic E-state index is -3.57. The molecule has 1 amide bonds. The number of nitrogens with zero attached hydrogens (tertiary/aromatic N) is 4. The van der Waals surface area contributed by atoms with Gasteiger partial charge in [-0.15, -0.1) is 10.2 Å². The molecule has 174 valence electrons. The summed E-state index contributed by atoms with van der Waals surface area (Å²) in [7, 11) is -1.89. The zero-order valence-electron chi connectivity index (χ0n) is 18.2. The fraction of sp³-hybridized carbons (Fsp3) is 0.238. The fourth-order valence-electron chi connectivity index (χ4n) is 2.94. The SMILES string of the molecule is Cc1ccc(N(Cc2nnc(SCC(=O)Nc3ccccc3C(=O)O)n2C)S(C)(=O)=O)cc1. The number of aryl methyl sites for hydroxylation is 1. The maximum Gasteiger partial charge on any atom is 0.337 e. The Bertz CT molecular complexity index is 1270. The van der Waals surface area contributed by atoms with E-state index in [4.69, 9.17) is 0 Å². The van der Waals surface area contributed by atoms with E-state index in [1.807, 2.05) is 19.1 Å². The van der Waals surface area contributed by atoms with E-state index in [9.17, 15) is 23.1 Å². The molecule has 0 aliphatic rings. The molecule has 0 aliphatic carbocycles. The number of thioether (sulfide) groups is 1. The summed E-state index contributed by atoms with van der Waals surface area (Å²) < 4.78 is 27.6. The number of sulfonamides is 1. The van der Waals surface area contributed by atoms with Gasteiger partial charge in [0.15, 0.2) is 11.0 Å². The van der Waals surface area contributed by atoms with Crippen LogP contribution in [0.3, 0.4) is 0 Å². The van der Waals surface area contributed by atoms with Gasteiger partial charge in [-0.3, -0.25) is 9.10 Å². The smallest absolute Gasteiger partial charge is 0.337 e. The normalized spacial score (nSPS) is 11.2. The molecule has 0 fully saturated rings. The quantitative estimate of drug-likeness (QED) is 0.438. The number of benzene rings is 2. The van der Waals surface area contributed by atoms with Crippen LogP contribution < -0.4 is 9.62 Å². The largest absolute Gasteiger partial charge is 0.478 e. The molecule has 2 aromatic carbocycles. The van der Waals surface area contributed by atoms with Gasteiger partial charge in [-0.2, -0.15) is 0 Å². The Balaban J connectivity index is 1.70. The number of nitrogens with one attached hydrogen (secondary N) is 1. The maximum absolute atomic E-state index is 12.4. The fourth-order valence-corrected chi connectivity index (χ4v) is 4.53. The van der Waals surface area contributed by atoms with Crippen LogP contribution in [0.25, 0.3) is 0 Å². The van der Waals surface area contributed by atoms with Gasteiger partial charge >= 0.3 is 5.97 Å². The molecule has 10 nitrogen and oxygen atoms in total. The predicted octanol–water partition coefficient (Wildman–Crippen LogP) is 2.52. The number of aromatic carboxylic acids is 1. The Morgan fingerprint density at radius 3 is 2.42 bits per heavy atom. The van der Waals surface area contributed by atoms with E-state index in [1.54, 1.807) is 35.9 Å². The van der Waals surface area contributed by atoms with E-state index in [0.29, 0.717) is 16.7 Å². The number of rotatable bonds is 9. The average molecular weight is 490 g/mol. The molecule has 33 heavy (non-hydrogen) atoms.